The zero-order chi connectivity index (χ0) is 18.6. The fourth-order valence-corrected chi connectivity index (χ4v) is 2.95. The van der Waals surface area contributed by atoms with Gasteiger partial charge in [-0.15, -0.1) is 0 Å². The van der Waals surface area contributed by atoms with Gasteiger partial charge in [0.1, 0.15) is 11.9 Å². The highest BCUT2D eigenvalue weighted by Gasteiger charge is 2.18. The van der Waals surface area contributed by atoms with Crippen LogP contribution in [-0.2, 0) is 11.2 Å². The Kier molecular flexibility index (Phi) is 8.74. The van der Waals surface area contributed by atoms with Crippen molar-refractivity contribution in [3.63, 3.8) is 0 Å². The monoisotopic (exact) mass is 354 g/mol. The summed E-state index contributed by atoms with van der Waals surface area (Å²) in [5.41, 5.74) is 2.06. The van der Waals surface area contributed by atoms with E-state index in [4.69, 9.17) is 9.47 Å². The number of benzene rings is 2. The number of para-hydroxylation sites is 1. The van der Waals surface area contributed by atoms with Crippen molar-refractivity contribution in [2.24, 2.45) is 0 Å². The van der Waals surface area contributed by atoms with Gasteiger partial charge in [0, 0.05) is 0 Å². The summed E-state index contributed by atoms with van der Waals surface area (Å²) in [5.74, 6) is 0.603. The molecule has 0 fully saturated rings. The number of aryl methyl sites for hydroxylation is 1. The largest absolute Gasteiger partial charge is 0.514 e. The van der Waals surface area contributed by atoms with Gasteiger partial charge < -0.3 is 9.47 Å². The second-order valence-corrected chi connectivity index (χ2v) is 6.58. The van der Waals surface area contributed by atoms with Crippen molar-refractivity contribution in [3.05, 3.63) is 65.7 Å². The Morgan fingerprint density at radius 1 is 0.885 bits per heavy atom. The molecule has 0 aromatic heterocycles. The van der Waals surface area contributed by atoms with E-state index >= 15 is 0 Å². The molecular weight excluding hydrogens is 324 g/mol. The van der Waals surface area contributed by atoms with Gasteiger partial charge in [0.15, 0.2) is 0 Å². The zero-order valence-corrected chi connectivity index (χ0v) is 15.9. The molecule has 0 aliphatic rings. The number of carbonyl (C=O) groups excluding carboxylic acids is 1. The Morgan fingerprint density at radius 3 is 2.31 bits per heavy atom. The molecule has 3 nitrogen and oxygen atoms in total. The van der Waals surface area contributed by atoms with Crippen LogP contribution in [0.2, 0.25) is 0 Å². The summed E-state index contributed by atoms with van der Waals surface area (Å²) < 4.78 is 11.2. The molecule has 0 spiro atoms. The predicted molar refractivity (Wildman–Crippen MR) is 105 cm³/mol. The summed E-state index contributed by atoms with van der Waals surface area (Å²) in [4.78, 5) is 12.4. The second-order valence-electron chi connectivity index (χ2n) is 6.58. The average Bonchev–Trinajstić information content (AvgIpc) is 2.67. The molecule has 2 rings (SSSR count). The fraction of sp³-hybridized carbons (Fsp3) is 0.435. The maximum absolute atomic E-state index is 12.4. The van der Waals surface area contributed by atoms with Gasteiger partial charge in [-0.05, 0) is 42.9 Å². The molecule has 1 unspecified atom stereocenters. The van der Waals surface area contributed by atoms with E-state index in [0.29, 0.717) is 5.75 Å². The van der Waals surface area contributed by atoms with E-state index < -0.39 is 6.16 Å². The fourth-order valence-electron chi connectivity index (χ4n) is 2.95. The lowest BCUT2D eigenvalue weighted by Crippen LogP contribution is -2.16. The molecule has 0 radical (unpaired) electrons. The molecule has 0 saturated carbocycles. The molecule has 0 amide bonds. The van der Waals surface area contributed by atoms with E-state index in [-0.39, 0.29) is 6.10 Å². The third-order valence-corrected chi connectivity index (χ3v) is 4.45. The van der Waals surface area contributed by atoms with Gasteiger partial charge in [0.25, 0.3) is 0 Å². The summed E-state index contributed by atoms with van der Waals surface area (Å²) in [6.07, 6.45) is 6.28. The second kappa shape index (κ2) is 11.3. The Labute approximate surface area is 157 Å². The first-order valence-electron chi connectivity index (χ1n) is 9.75. The number of hydrogen-bond acceptors (Lipinski definition) is 3. The summed E-state index contributed by atoms with van der Waals surface area (Å²) >= 11 is 0. The van der Waals surface area contributed by atoms with Crippen LogP contribution in [-0.4, -0.2) is 6.16 Å². The van der Waals surface area contributed by atoms with Gasteiger partial charge >= 0.3 is 6.16 Å². The molecule has 2 aromatic carbocycles. The van der Waals surface area contributed by atoms with Crippen LogP contribution < -0.4 is 4.74 Å². The Bertz CT molecular complexity index is 652. The molecule has 0 bridgehead atoms. The van der Waals surface area contributed by atoms with Gasteiger partial charge in [-0.1, -0.05) is 81.6 Å². The minimum absolute atomic E-state index is 0.266. The van der Waals surface area contributed by atoms with Crippen molar-refractivity contribution >= 4 is 6.16 Å². The number of ether oxygens (including phenoxy) is 2. The van der Waals surface area contributed by atoms with Crippen molar-refractivity contribution in [2.75, 3.05) is 0 Å². The molecule has 3 heteroatoms. The third kappa shape index (κ3) is 6.55. The van der Waals surface area contributed by atoms with Crippen LogP contribution >= 0.6 is 0 Å². The van der Waals surface area contributed by atoms with Crippen molar-refractivity contribution < 1.29 is 14.3 Å². The molecule has 0 heterocycles. The average molecular weight is 354 g/mol. The molecular formula is C23H30O3. The first-order valence-corrected chi connectivity index (χ1v) is 9.75. The number of hydrogen-bond donors (Lipinski definition) is 0. The SMILES string of the molecule is CCCCCC(OC(=O)Oc1ccccc1CCCC)c1ccccc1. The van der Waals surface area contributed by atoms with E-state index in [2.05, 4.69) is 13.8 Å². The van der Waals surface area contributed by atoms with E-state index in [9.17, 15) is 4.79 Å². The van der Waals surface area contributed by atoms with Gasteiger partial charge in [-0.3, -0.25) is 0 Å². The summed E-state index contributed by atoms with van der Waals surface area (Å²) in [5, 5.41) is 0. The van der Waals surface area contributed by atoms with Crippen LogP contribution in [0.15, 0.2) is 54.6 Å². The zero-order valence-electron chi connectivity index (χ0n) is 15.9. The lowest BCUT2D eigenvalue weighted by molar-refractivity contribution is 0.0526. The normalized spacial score (nSPS) is 11.8. The van der Waals surface area contributed by atoms with Crippen molar-refractivity contribution in [2.45, 2.75) is 64.9 Å². The van der Waals surface area contributed by atoms with Gasteiger partial charge in [0.2, 0.25) is 0 Å². The quantitative estimate of drug-likeness (QED) is 0.265. The summed E-state index contributed by atoms with van der Waals surface area (Å²) in [6, 6.07) is 17.6. The van der Waals surface area contributed by atoms with E-state index in [1.54, 1.807) is 0 Å². The van der Waals surface area contributed by atoms with Gasteiger partial charge in [-0.2, -0.15) is 0 Å². The maximum Gasteiger partial charge on any atom is 0.514 e. The number of unbranched alkanes of at least 4 members (excludes halogenated alkanes) is 3. The summed E-state index contributed by atoms with van der Waals surface area (Å²) in [6.45, 7) is 4.32. The van der Waals surface area contributed by atoms with E-state index in [1.165, 1.54) is 0 Å². The smallest absolute Gasteiger partial charge is 0.426 e. The highest BCUT2D eigenvalue weighted by atomic mass is 16.7. The van der Waals surface area contributed by atoms with Crippen molar-refractivity contribution in [3.8, 4) is 5.75 Å². The maximum atomic E-state index is 12.4. The standard InChI is InChI=1S/C23H30O3/c1-3-5-8-17-21(20-14-9-7-10-15-20)25-23(24)26-22-18-12-11-16-19(22)13-6-4-2/h7,9-12,14-16,18,21H,3-6,8,13,17H2,1-2H3. The van der Waals surface area contributed by atoms with Crippen LogP contribution in [0.5, 0.6) is 5.75 Å². The van der Waals surface area contributed by atoms with Crippen molar-refractivity contribution in [1.82, 2.24) is 0 Å². The highest BCUT2D eigenvalue weighted by molar-refractivity contribution is 5.65. The van der Waals surface area contributed by atoms with Gasteiger partial charge in [0.05, 0.1) is 0 Å². The molecule has 0 N–H and O–H groups in total. The van der Waals surface area contributed by atoms with Crippen LogP contribution in [0, 0.1) is 0 Å². The van der Waals surface area contributed by atoms with Crippen LogP contribution in [0.1, 0.15) is 69.6 Å². The van der Waals surface area contributed by atoms with Crippen LogP contribution in [0.4, 0.5) is 4.79 Å². The molecule has 0 saturated heterocycles. The van der Waals surface area contributed by atoms with Gasteiger partial charge in [-0.25, -0.2) is 4.79 Å². The Morgan fingerprint density at radius 2 is 1.58 bits per heavy atom. The van der Waals surface area contributed by atoms with E-state index in [0.717, 1.165) is 56.1 Å². The predicted octanol–water partition coefficient (Wildman–Crippen LogP) is 6.87. The number of rotatable bonds is 10. The van der Waals surface area contributed by atoms with E-state index in [1.807, 2.05) is 54.6 Å². The minimum Gasteiger partial charge on any atom is -0.426 e. The van der Waals surface area contributed by atoms with Crippen molar-refractivity contribution in [1.29, 1.82) is 0 Å². The molecule has 1 atom stereocenters. The molecule has 2 aromatic rings. The molecule has 140 valence electrons. The number of carbonyl (C=O) groups is 1. The Hall–Kier alpha value is -2.29. The molecule has 26 heavy (non-hydrogen) atoms. The first kappa shape index (κ1) is 20.0. The highest BCUT2D eigenvalue weighted by Crippen LogP contribution is 2.26. The third-order valence-electron chi connectivity index (χ3n) is 4.45. The Balaban J connectivity index is 2.03. The first-order chi connectivity index (χ1) is 12.7. The topological polar surface area (TPSA) is 35.5 Å². The molecule has 0 aliphatic carbocycles. The minimum atomic E-state index is -0.626. The van der Waals surface area contributed by atoms with Crippen LogP contribution in [0.25, 0.3) is 0 Å². The summed E-state index contributed by atoms with van der Waals surface area (Å²) in [7, 11) is 0. The molecule has 0 aliphatic heterocycles. The van der Waals surface area contributed by atoms with Crippen LogP contribution in [0.3, 0.4) is 0 Å². The lowest BCUT2D eigenvalue weighted by Gasteiger charge is -2.18. The lowest BCUT2D eigenvalue weighted by atomic mass is 10.0.